The molecule has 0 aliphatic rings. The van der Waals surface area contributed by atoms with Crippen LogP contribution in [0.3, 0.4) is 0 Å². The number of ether oxygens (including phenoxy) is 1. The van der Waals surface area contributed by atoms with Gasteiger partial charge in [0.15, 0.2) is 0 Å². The van der Waals surface area contributed by atoms with Crippen molar-refractivity contribution in [1.82, 2.24) is 15.6 Å². The van der Waals surface area contributed by atoms with Crippen LogP contribution in [0.1, 0.15) is 26.3 Å². The summed E-state index contributed by atoms with van der Waals surface area (Å²) in [6, 6.07) is 3.65. The van der Waals surface area contributed by atoms with Gasteiger partial charge < -0.3 is 15.4 Å². The molecule has 0 bridgehead atoms. The molecule has 6 heteroatoms. The lowest BCUT2D eigenvalue weighted by atomic mass is 10.2. The predicted octanol–water partition coefficient (Wildman–Crippen LogP) is 1.22. The largest absolute Gasteiger partial charge is 0.444 e. The Kier molecular flexibility index (Phi) is 5.29. The smallest absolute Gasteiger partial charge is 0.408 e. The summed E-state index contributed by atoms with van der Waals surface area (Å²) < 4.78 is 5.01. The Morgan fingerprint density at radius 2 is 2.05 bits per heavy atom. The summed E-state index contributed by atoms with van der Waals surface area (Å²) in [7, 11) is 0. The van der Waals surface area contributed by atoms with E-state index >= 15 is 0 Å². The highest BCUT2D eigenvalue weighted by molar-refractivity contribution is 5.82. The molecular weight excluding hydrogens is 246 g/mol. The average Bonchev–Trinajstić information content (AvgIpc) is 2.33. The molecule has 0 spiro atoms. The van der Waals surface area contributed by atoms with Crippen molar-refractivity contribution in [1.29, 1.82) is 0 Å². The van der Waals surface area contributed by atoms with E-state index in [0.29, 0.717) is 6.54 Å². The molecule has 0 radical (unpaired) electrons. The minimum absolute atomic E-state index is 0.116. The molecule has 1 aromatic rings. The molecule has 1 aromatic heterocycles. The number of amides is 2. The van der Waals surface area contributed by atoms with Crippen LogP contribution in [0.15, 0.2) is 24.5 Å². The van der Waals surface area contributed by atoms with Gasteiger partial charge in [-0.1, -0.05) is 6.07 Å². The third-order valence-corrected chi connectivity index (χ3v) is 2.00. The van der Waals surface area contributed by atoms with Crippen LogP contribution in [-0.2, 0) is 16.1 Å². The van der Waals surface area contributed by atoms with Gasteiger partial charge in [-0.3, -0.25) is 9.78 Å². The van der Waals surface area contributed by atoms with E-state index in [0.717, 1.165) is 5.56 Å². The van der Waals surface area contributed by atoms with Crippen molar-refractivity contribution in [3.8, 4) is 0 Å². The SMILES string of the molecule is CC(C)(C)OC(=O)NCC(=O)NCc1cccnc1. The molecule has 0 atom stereocenters. The normalized spacial score (nSPS) is 10.7. The Bertz CT molecular complexity index is 427. The summed E-state index contributed by atoms with van der Waals surface area (Å²) in [6.07, 6.45) is 2.72. The number of hydrogen-bond acceptors (Lipinski definition) is 4. The van der Waals surface area contributed by atoms with E-state index in [1.54, 1.807) is 39.2 Å². The van der Waals surface area contributed by atoms with E-state index in [9.17, 15) is 9.59 Å². The van der Waals surface area contributed by atoms with Crippen LogP contribution in [0, 0.1) is 0 Å². The van der Waals surface area contributed by atoms with Gasteiger partial charge in [-0.2, -0.15) is 0 Å². The summed E-state index contributed by atoms with van der Waals surface area (Å²) in [5.41, 5.74) is 0.323. The van der Waals surface area contributed by atoms with E-state index in [1.807, 2.05) is 6.07 Å². The zero-order valence-electron chi connectivity index (χ0n) is 11.4. The van der Waals surface area contributed by atoms with Gasteiger partial charge in [0, 0.05) is 18.9 Å². The van der Waals surface area contributed by atoms with Crippen molar-refractivity contribution >= 4 is 12.0 Å². The summed E-state index contributed by atoms with van der Waals surface area (Å²) in [6.45, 7) is 5.54. The van der Waals surface area contributed by atoms with Crippen molar-refractivity contribution < 1.29 is 14.3 Å². The first-order valence-electron chi connectivity index (χ1n) is 5.99. The number of nitrogens with one attached hydrogen (secondary N) is 2. The quantitative estimate of drug-likeness (QED) is 0.858. The topological polar surface area (TPSA) is 80.3 Å². The van der Waals surface area contributed by atoms with Crippen molar-refractivity contribution in [2.45, 2.75) is 32.9 Å². The second-order valence-electron chi connectivity index (χ2n) is 4.99. The first-order chi connectivity index (χ1) is 8.87. The molecule has 19 heavy (non-hydrogen) atoms. The molecule has 6 nitrogen and oxygen atoms in total. The maximum Gasteiger partial charge on any atom is 0.408 e. The Hall–Kier alpha value is -2.11. The fraction of sp³-hybridized carbons (Fsp3) is 0.462. The molecule has 2 amide bonds. The van der Waals surface area contributed by atoms with E-state index < -0.39 is 11.7 Å². The third-order valence-electron chi connectivity index (χ3n) is 2.00. The standard InChI is InChI=1S/C13H19N3O3/c1-13(2,3)19-12(18)16-9-11(17)15-8-10-5-4-6-14-7-10/h4-7H,8-9H2,1-3H3,(H,15,17)(H,16,18). The molecule has 0 aliphatic heterocycles. The zero-order valence-corrected chi connectivity index (χ0v) is 11.4. The van der Waals surface area contributed by atoms with Gasteiger partial charge >= 0.3 is 6.09 Å². The number of pyridine rings is 1. The maximum atomic E-state index is 11.5. The van der Waals surface area contributed by atoms with E-state index in [2.05, 4.69) is 15.6 Å². The summed E-state index contributed by atoms with van der Waals surface area (Å²) in [4.78, 5) is 26.7. The molecule has 0 aliphatic carbocycles. The van der Waals surface area contributed by atoms with Gasteiger partial charge in [-0.25, -0.2) is 4.79 Å². The first-order valence-corrected chi connectivity index (χ1v) is 5.99. The Morgan fingerprint density at radius 3 is 2.63 bits per heavy atom. The highest BCUT2D eigenvalue weighted by Crippen LogP contribution is 2.06. The molecule has 104 valence electrons. The lowest BCUT2D eigenvalue weighted by molar-refractivity contribution is -0.120. The second kappa shape index (κ2) is 6.72. The summed E-state index contributed by atoms with van der Waals surface area (Å²) >= 11 is 0. The fourth-order valence-electron chi connectivity index (χ4n) is 1.23. The van der Waals surface area contributed by atoms with Gasteiger partial charge in [-0.05, 0) is 32.4 Å². The number of nitrogens with zero attached hydrogens (tertiary/aromatic N) is 1. The van der Waals surface area contributed by atoms with Crippen LogP contribution in [0.25, 0.3) is 0 Å². The van der Waals surface area contributed by atoms with Crippen LogP contribution in [0.4, 0.5) is 4.79 Å². The van der Waals surface area contributed by atoms with Gasteiger partial charge in [0.1, 0.15) is 12.1 Å². The lowest BCUT2D eigenvalue weighted by Gasteiger charge is -2.19. The minimum atomic E-state index is -0.607. The molecule has 0 fully saturated rings. The van der Waals surface area contributed by atoms with E-state index in [-0.39, 0.29) is 12.5 Å². The highest BCUT2D eigenvalue weighted by Gasteiger charge is 2.16. The Labute approximate surface area is 112 Å². The number of aromatic nitrogens is 1. The number of rotatable bonds is 4. The number of hydrogen-bond donors (Lipinski definition) is 2. The number of alkyl carbamates (subject to hydrolysis) is 1. The first kappa shape index (κ1) is 14.9. The van der Waals surface area contributed by atoms with E-state index in [1.165, 1.54) is 0 Å². The molecule has 0 saturated carbocycles. The monoisotopic (exact) mass is 265 g/mol. The predicted molar refractivity (Wildman–Crippen MR) is 70.3 cm³/mol. The van der Waals surface area contributed by atoms with Crippen LogP contribution < -0.4 is 10.6 Å². The Balaban J connectivity index is 2.23. The number of carbonyl (C=O) groups excluding carboxylic acids is 2. The maximum absolute atomic E-state index is 11.5. The molecule has 0 unspecified atom stereocenters. The molecule has 2 N–H and O–H groups in total. The molecule has 1 heterocycles. The van der Waals surface area contributed by atoms with Crippen LogP contribution in [0.5, 0.6) is 0 Å². The average molecular weight is 265 g/mol. The van der Waals surface area contributed by atoms with Crippen molar-refractivity contribution in [2.75, 3.05) is 6.54 Å². The lowest BCUT2D eigenvalue weighted by Crippen LogP contribution is -2.39. The van der Waals surface area contributed by atoms with Crippen molar-refractivity contribution in [3.05, 3.63) is 30.1 Å². The van der Waals surface area contributed by atoms with E-state index in [4.69, 9.17) is 4.74 Å². The molecule has 0 aromatic carbocycles. The van der Waals surface area contributed by atoms with Crippen molar-refractivity contribution in [3.63, 3.8) is 0 Å². The van der Waals surface area contributed by atoms with Gasteiger partial charge in [0.2, 0.25) is 5.91 Å². The van der Waals surface area contributed by atoms with Gasteiger partial charge in [0.25, 0.3) is 0 Å². The fourth-order valence-corrected chi connectivity index (χ4v) is 1.23. The summed E-state index contributed by atoms with van der Waals surface area (Å²) in [5, 5.41) is 5.05. The highest BCUT2D eigenvalue weighted by atomic mass is 16.6. The van der Waals surface area contributed by atoms with Crippen LogP contribution >= 0.6 is 0 Å². The molecule has 1 rings (SSSR count). The molecular formula is C13H19N3O3. The van der Waals surface area contributed by atoms with Crippen molar-refractivity contribution in [2.24, 2.45) is 0 Å². The van der Waals surface area contributed by atoms with Gasteiger partial charge in [0.05, 0.1) is 0 Å². The second-order valence-corrected chi connectivity index (χ2v) is 4.99. The summed E-state index contributed by atoms with van der Waals surface area (Å²) in [5.74, 6) is -0.283. The third kappa shape index (κ3) is 7.03. The zero-order chi connectivity index (χ0) is 14.3. The van der Waals surface area contributed by atoms with Gasteiger partial charge in [-0.15, -0.1) is 0 Å². The van der Waals surface area contributed by atoms with Crippen LogP contribution in [0.2, 0.25) is 0 Å². The minimum Gasteiger partial charge on any atom is -0.444 e. The Morgan fingerprint density at radius 1 is 1.32 bits per heavy atom. The number of carbonyl (C=O) groups is 2. The molecule has 0 saturated heterocycles. The van der Waals surface area contributed by atoms with Crippen LogP contribution in [-0.4, -0.2) is 29.1 Å².